The van der Waals surface area contributed by atoms with Crippen molar-refractivity contribution in [3.05, 3.63) is 29.8 Å². The Hall–Kier alpha value is -1.89. The van der Waals surface area contributed by atoms with Crippen LogP contribution in [0, 0.1) is 5.92 Å². The summed E-state index contributed by atoms with van der Waals surface area (Å²) in [5.41, 5.74) is 0.515. The molecule has 3 unspecified atom stereocenters. The molecule has 128 valence electrons. The van der Waals surface area contributed by atoms with Gasteiger partial charge >= 0.3 is 12.6 Å². The van der Waals surface area contributed by atoms with Crippen molar-refractivity contribution in [3.63, 3.8) is 0 Å². The molecule has 1 saturated carbocycles. The number of aliphatic hydroxyl groups is 1. The van der Waals surface area contributed by atoms with Gasteiger partial charge in [0.25, 0.3) is 0 Å². The van der Waals surface area contributed by atoms with Crippen LogP contribution in [-0.4, -0.2) is 30.3 Å². The molecule has 2 rings (SSSR count). The van der Waals surface area contributed by atoms with Crippen LogP contribution in [0.4, 0.5) is 13.6 Å². The lowest BCUT2D eigenvalue weighted by atomic mass is 10.1. The van der Waals surface area contributed by atoms with Crippen molar-refractivity contribution in [3.8, 4) is 5.75 Å². The van der Waals surface area contributed by atoms with Gasteiger partial charge < -0.3 is 20.5 Å². The number of alkyl halides is 2. The zero-order valence-electron chi connectivity index (χ0n) is 13.0. The summed E-state index contributed by atoms with van der Waals surface area (Å²) in [5.74, 6) is 0.491. The van der Waals surface area contributed by atoms with Crippen molar-refractivity contribution < 1.29 is 23.4 Å². The number of carbonyl (C=O) groups is 1. The molecule has 1 aliphatic carbocycles. The summed E-state index contributed by atoms with van der Waals surface area (Å²) in [5, 5.41) is 15.5. The predicted molar refractivity (Wildman–Crippen MR) is 81.4 cm³/mol. The molecule has 5 nitrogen and oxygen atoms in total. The van der Waals surface area contributed by atoms with Crippen LogP contribution < -0.4 is 15.4 Å². The molecule has 1 aromatic rings. The van der Waals surface area contributed by atoms with E-state index in [1.54, 1.807) is 0 Å². The van der Waals surface area contributed by atoms with Gasteiger partial charge in [-0.25, -0.2) is 4.79 Å². The van der Waals surface area contributed by atoms with E-state index in [9.17, 15) is 18.7 Å². The molecule has 0 heterocycles. The van der Waals surface area contributed by atoms with Gasteiger partial charge in [-0.2, -0.15) is 8.78 Å². The molecule has 3 N–H and O–H groups in total. The van der Waals surface area contributed by atoms with Crippen LogP contribution in [0.25, 0.3) is 0 Å². The van der Waals surface area contributed by atoms with Crippen LogP contribution in [-0.2, 0) is 0 Å². The van der Waals surface area contributed by atoms with E-state index in [4.69, 9.17) is 0 Å². The second-order valence-corrected chi connectivity index (χ2v) is 5.83. The lowest BCUT2D eigenvalue weighted by molar-refractivity contribution is -0.0498. The summed E-state index contributed by atoms with van der Waals surface area (Å²) in [4.78, 5) is 11.8. The Balaban J connectivity index is 1.77. The fourth-order valence-electron chi connectivity index (χ4n) is 2.76. The molecule has 0 saturated heterocycles. The second-order valence-electron chi connectivity index (χ2n) is 5.83. The van der Waals surface area contributed by atoms with E-state index in [0.717, 1.165) is 19.3 Å². The van der Waals surface area contributed by atoms with Crippen LogP contribution in [0.5, 0.6) is 5.75 Å². The first-order valence-electron chi connectivity index (χ1n) is 7.73. The number of ether oxygens (including phenoxy) is 1. The number of hydrogen-bond donors (Lipinski definition) is 3. The molecule has 0 radical (unpaired) electrons. The van der Waals surface area contributed by atoms with Crippen LogP contribution in [0.2, 0.25) is 0 Å². The average molecular weight is 328 g/mol. The van der Waals surface area contributed by atoms with Gasteiger partial charge in [0.2, 0.25) is 0 Å². The van der Waals surface area contributed by atoms with Gasteiger partial charge in [-0.3, -0.25) is 0 Å². The summed E-state index contributed by atoms with van der Waals surface area (Å²) >= 11 is 0. The minimum Gasteiger partial charge on any atom is -0.435 e. The van der Waals surface area contributed by atoms with Crippen LogP contribution in [0.3, 0.4) is 0 Å². The van der Waals surface area contributed by atoms with Gasteiger partial charge in [-0.15, -0.1) is 0 Å². The van der Waals surface area contributed by atoms with Crippen molar-refractivity contribution in [2.45, 2.75) is 44.9 Å². The third kappa shape index (κ3) is 5.35. The molecule has 0 spiro atoms. The number of nitrogens with one attached hydrogen (secondary N) is 2. The standard InChI is InChI=1S/C16H22F2N2O3/c1-10-3-2-4-13(10)20-16(22)19-9-14(21)11-5-7-12(8-6-11)23-15(17)18/h5-8,10,13-15,21H,2-4,9H2,1H3,(H2,19,20,22). The zero-order valence-corrected chi connectivity index (χ0v) is 13.0. The van der Waals surface area contributed by atoms with E-state index in [0.29, 0.717) is 11.5 Å². The molecule has 0 bridgehead atoms. The second kappa shape index (κ2) is 8.10. The van der Waals surface area contributed by atoms with Crippen LogP contribution in [0.1, 0.15) is 37.9 Å². The van der Waals surface area contributed by atoms with Crippen molar-refractivity contribution in [1.29, 1.82) is 0 Å². The Labute approximate surface area is 134 Å². The summed E-state index contributed by atoms with van der Waals surface area (Å²) in [6.45, 7) is -0.730. The highest BCUT2D eigenvalue weighted by Crippen LogP contribution is 2.24. The van der Waals surface area contributed by atoms with Gasteiger partial charge in [0.15, 0.2) is 0 Å². The number of benzene rings is 1. The van der Waals surface area contributed by atoms with Crippen molar-refractivity contribution in [2.24, 2.45) is 5.92 Å². The number of amides is 2. The Morgan fingerprint density at radius 1 is 1.35 bits per heavy atom. The van der Waals surface area contributed by atoms with Gasteiger partial charge in [0, 0.05) is 12.6 Å². The first-order valence-corrected chi connectivity index (χ1v) is 7.73. The molecule has 1 aliphatic rings. The molecule has 0 aliphatic heterocycles. The molecule has 0 aromatic heterocycles. The Morgan fingerprint density at radius 2 is 2.04 bits per heavy atom. The number of hydrogen-bond acceptors (Lipinski definition) is 3. The lowest BCUT2D eigenvalue weighted by Gasteiger charge is -2.19. The zero-order chi connectivity index (χ0) is 16.8. The van der Waals surface area contributed by atoms with E-state index in [1.165, 1.54) is 24.3 Å². The summed E-state index contributed by atoms with van der Waals surface area (Å²) in [7, 11) is 0. The SMILES string of the molecule is CC1CCCC1NC(=O)NCC(O)c1ccc(OC(F)F)cc1. The highest BCUT2D eigenvalue weighted by atomic mass is 19.3. The molecule has 1 aromatic carbocycles. The summed E-state index contributed by atoms with van der Waals surface area (Å²) in [6.07, 6.45) is 2.29. The predicted octanol–water partition coefficient (Wildman–Crippen LogP) is 2.81. The maximum Gasteiger partial charge on any atom is 0.387 e. The van der Waals surface area contributed by atoms with E-state index in [-0.39, 0.29) is 24.4 Å². The molecule has 3 atom stereocenters. The van der Waals surface area contributed by atoms with Gasteiger partial charge in [-0.05, 0) is 36.5 Å². The Kier molecular flexibility index (Phi) is 6.15. The average Bonchev–Trinajstić information content (AvgIpc) is 2.90. The Bertz CT molecular complexity index is 511. The highest BCUT2D eigenvalue weighted by Gasteiger charge is 2.24. The van der Waals surface area contributed by atoms with Crippen molar-refractivity contribution >= 4 is 6.03 Å². The molecule has 23 heavy (non-hydrogen) atoms. The molecular formula is C16H22F2N2O3. The minimum absolute atomic E-state index is 0.0249. The summed E-state index contributed by atoms with van der Waals surface area (Å²) < 4.78 is 28.4. The monoisotopic (exact) mass is 328 g/mol. The third-order valence-electron chi connectivity index (χ3n) is 4.12. The number of carbonyl (C=O) groups excluding carboxylic acids is 1. The molecular weight excluding hydrogens is 306 g/mol. The topological polar surface area (TPSA) is 70.6 Å². The quantitative estimate of drug-likeness (QED) is 0.752. The van der Waals surface area contributed by atoms with E-state index in [2.05, 4.69) is 22.3 Å². The fourth-order valence-corrected chi connectivity index (χ4v) is 2.76. The van der Waals surface area contributed by atoms with Gasteiger partial charge in [0.05, 0.1) is 6.10 Å². The third-order valence-corrected chi connectivity index (χ3v) is 4.12. The van der Waals surface area contributed by atoms with Gasteiger partial charge in [-0.1, -0.05) is 25.5 Å². The van der Waals surface area contributed by atoms with Crippen molar-refractivity contribution in [1.82, 2.24) is 10.6 Å². The number of halogens is 2. The lowest BCUT2D eigenvalue weighted by Crippen LogP contribution is -2.44. The number of aliphatic hydroxyl groups excluding tert-OH is 1. The smallest absolute Gasteiger partial charge is 0.387 e. The number of rotatable bonds is 6. The normalized spacial score (nSPS) is 22.0. The van der Waals surface area contributed by atoms with Gasteiger partial charge in [0.1, 0.15) is 5.75 Å². The first-order chi connectivity index (χ1) is 11.0. The van der Waals surface area contributed by atoms with Crippen LogP contribution >= 0.6 is 0 Å². The van der Waals surface area contributed by atoms with E-state index < -0.39 is 12.7 Å². The first kappa shape index (κ1) is 17.5. The van der Waals surface area contributed by atoms with Crippen LogP contribution in [0.15, 0.2) is 24.3 Å². The fraction of sp³-hybridized carbons (Fsp3) is 0.562. The van der Waals surface area contributed by atoms with Crippen molar-refractivity contribution in [2.75, 3.05) is 6.54 Å². The molecule has 7 heteroatoms. The number of urea groups is 1. The largest absolute Gasteiger partial charge is 0.435 e. The maximum absolute atomic E-state index is 12.1. The maximum atomic E-state index is 12.1. The van der Waals surface area contributed by atoms with E-state index >= 15 is 0 Å². The minimum atomic E-state index is -2.88. The highest BCUT2D eigenvalue weighted by molar-refractivity contribution is 5.74. The molecule has 2 amide bonds. The molecule has 1 fully saturated rings. The Morgan fingerprint density at radius 3 is 2.61 bits per heavy atom. The van der Waals surface area contributed by atoms with E-state index in [1.807, 2.05) is 0 Å². The summed E-state index contributed by atoms with van der Waals surface area (Å²) in [6, 6.07) is 5.55.